The third-order valence-corrected chi connectivity index (χ3v) is 10.9. The lowest BCUT2D eigenvalue weighted by Crippen LogP contribution is -2.00. The molecule has 0 bridgehead atoms. The Morgan fingerprint density at radius 1 is 0.339 bits per heavy atom. The van der Waals surface area contributed by atoms with Crippen molar-refractivity contribution in [3.63, 3.8) is 0 Å². The fourth-order valence-corrected chi connectivity index (χ4v) is 7.85. The van der Waals surface area contributed by atoms with Gasteiger partial charge in [0.15, 0.2) is 23.1 Å². The molecule has 0 fully saturated rings. The van der Waals surface area contributed by atoms with Crippen molar-refractivity contribution in [3.8, 4) is 78.8 Å². The molecule has 0 spiro atoms. The quantitative estimate of drug-likeness (QED) is 0.161. The van der Waals surface area contributed by atoms with Crippen LogP contribution in [0.1, 0.15) is 0 Å². The molecular weight excluding hydrogens is 723 g/mol. The molecule has 6 nitrogen and oxygen atoms in total. The van der Waals surface area contributed by atoms with E-state index in [1.54, 1.807) is 6.33 Å². The fourth-order valence-electron chi connectivity index (χ4n) is 7.85. The summed E-state index contributed by atoms with van der Waals surface area (Å²) in [5.41, 5.74) is 13.6. The molecule has 6 heteroatoms. The molecule has 0 N–H and O–H groups in total. The van der Waals surface area contributed by atoms with Gasteiger partial charge in [0.05, 0.1) is 5.39 Å². The van der Waals surface area contributed by atoms with Crippen molar-refractivity contribution in [2.45, 2.75) is 0 Å². The highest BCUT2D eigenvalue weighted by Crippen LogP contribution is 2.38. The molecule has 0 atom stereocenters. The minimum atomic E-state index is 0.623. The summed E-state index contributed by atoms with van der Waals surface area (Å²) in [4.78, 5) is 24.2. The predicted molar refractivity (Wildman–Crippen MR) is 238 cm³/mol. The van der Waals surface area contributed by atoms with E-state index in [9.17, 15) is 0 Å². The van der Waals surface area contributed by atoms with Gasteiger partial charge in [-0.3, -0.25) is 0 Å². The molecule has 0 aliphatic rings. The summed E-state index contributed by atoms with van der Waals surface area (Å²) in [5, 5.41) is 3.29. The summed E-state index contributed by atoms with van der Waals surface area (Å²) in [6.07, 6.45) is 1.63. The smallest absolute Gasteiger partial charge is 0.180 e. The van der Waals surface area contributed by atoms with E-state index in [0.717, 1.165) is 83.0 Å². The summed E-state index contributed by atoms with van der Waals surface area (Å²) in [6.45, 7) is 0. The van der Waals surface area contributed by atoms with Gasteiger partial charge in [0.25, 0.3) is 0 Å². The number of hydrogen-bond donors (Lipinski definition) is 0. The number of hydrogen-bond acceptors (Lipinski definition) is 6. The normalized spacial score (nSPS) is 11.4. The molecule has 11 aromatic rings. The SMILES string of the molecule is c1ccc(-c2ccc(-c3nc(-c4ccccc4)nc(-c4ccc(-c5cccc(-c6ccc(-c7ncnc8c7oc7ccc9ccccc9c78)cc6)c5)cc4)n3)cc2)cc1. The van der Waals surface area contributed by atoms with Crippen LogP contribution in [0.4, 0.5) is 0 Å². The van der Waals surface area contributed by atoms with Gasteiger partial charge < -0.3 is 4.42 Å². The first-order chi connectivity index (χ1) is 29.2. The van der Waals surface area contributed by atoms with E-state index in [1.807, 2.05) is 54.6 Å². The summed E-state index contributed by atoms with van der Waals surface area (Å²) < 4.78 is 6.40. The molecule has 11 rings (SSSR count). The van der Waals surface area contributed by atoms with E-state index in [1.165, 1.54) is 5.56 Å². The molecule has 0 radical (unpaired) electrons. The van der Waals surface area contributed by atoms with Gasteiger partial charge in [0.1, 0.15) is 23.1 Å². The standard InChI is InChI=1S/C53H33N5O/c1-3-10-34(11-4-1)35-20-26-41(27-21-35)52-56-51(40-13-5-2-6-14-40)57-53(58-52)42-28-22-37(23-29-42)44-16-9-15-43(32-44)36-18-24-39(25-19-36)48-50-49(55-33-54-48)47-45-17-8-7-12-38(45)30-31-46(47)59-50/h1-33H. The van der Waals surface area contributed by atoms with Gasteiger partial charge >= 0.3 is 0 Å². The highest BCUT2D eigenvalue weighted by Gasteiger charge is 2.17. The van der Waals surface area contributed by atoms with Crippen molar-refractivity contribution in [1.29, 1.82) is 0 Å². The van der Waals surface area contributed by atoms with Crippen LogP contribution < -0.4 is 0 Å². The van der Waals surface area contributed by atoms with Crippen molar-refractivity contribution < 1.29 is 4.42 Å². The van der Waals surface area contributed by atoms with Crippen molar-refractivity contribution in [1.82, 2.24) is 24.9 Å². The van der Waals surface area contributed by atoms with E-state index in [4.69, 9.17) is 19.4 Å². The minimum Gasteiger partial charge on any atom is -0.452 e. The molecule has 0 unspecified atom stereocenters. The van der Waals surface area contributed by atoms with Crippen molar-refractivity contribution in [2.24, 2.45) is 0 Å². The predicted octanol–water partition coefficient (Wildman–Crippen LogP) is 13.4. The summed E-state index contributed by atoms with van der Waals surface area (Å²) in [5.74, 6) is 1.89. The Morgan fingerprint density at radius 2 is 0.797 bits per heavy atom. The number of furan rings is 1. The molecule has 0 saturated carbocycles. The summed E-state index contributed by atoms with van der Waals surface area (Å²) in [6, 6.07) is 66.8. The maximum atomic E-state index is 6.40. The van der Waals surface area contributed by atoms with Gasteiger partial charge in [-0.2, -0.15) is 0 Å². The Hall–Kier alpha value is -8.09. The second-order valence-electron chi connectivity index (χ2n) is 14.5. The monoisotopic (exact) mass is 755 g/mol. The molecule has 0 saturated heterocycles. The third kappa shape index (κ3) is 6.39. The Balaban J connectivity index is 0.886. The van der Waals surface area contributed by atoms with Gasteiger partial charge in [0, 0.05) is 22.3 Å². The van der Waals surface area contributed by atoms with E-state index in [-0.39, 0.29) is 0 Å². The number of rotatable bonds is 7. The van der Waals surface area contributed by atoms with Gasteiger partial charge in [-0.15, -0.1) is 0 Å². The number of fused-ring (bicyclic) bond motifs is 5. The van der Waals surface area contributed by atoms with E-state index in [2.05, 4.69) is 149 Å². The highest BCUT2D eigenvalue weighted by molar-refractivity contribution is 6.18. The number of nitrogens with zero attached hydrogens (tertiary/aromatic N) is 5. The molecule has 0 aliphatic heterocycles. The molecule has 276 valence electrons. The fraction of sp³-hybridized carbons (Fsp3) is 0. The van der Waals surface area contributed by atoms with E-state index in [0.29, 0.717) is 23.1 Å². The molecule has 0 aliphatic carbocycles. The van der Waals surface area contributed by atoms with Crippen LogP contribution in [-0.2, 0) is 0 Å². The van der Waals surface area contributed by atoms with Crippen molar-refractivity contribution >= 4 is 32.8 Å². The van der Waals surface area contributed by atoms with Crippen LogP contribution in [0, 0.1) is 0 Å². The first-order valence-corrected chi connectivity index (χ1v) is 19.6. The zero-order valence-electron chi connectivity index (χ0n) is 31.7. The lowest BCUT2D eigenvalue weighted by Gasteiger charge is -2.10. The second kappa shape index (κ2) is 14.4. The lowest BCUT2D eigenvalue weighted by atomic mass is 9.97. The van der Waals surface area contributed by atoms with Crippen LogP contribution >= 0.6 is 0 Å². The minimum absolute atomic E-state index is 0.623. The molecular formula is C53H33N5O. The molecule has 59 heavy (non-hydrogen) atoms. The average molecular weight is 756 g/mol. The number of benzene rings is 8. The molecule has 8 aromatic carbocycles. The van der Waals surface area contributed by atoms with E-state index >= 15 is 0 Å². The van der Waals surface area contributed by atoms with Crippen molar-refractivity contribution in [2.75, 3.05) is 0 Å². The zero-order chi connectivity index (χ0) is 39.1. The molecule has 3 heterocycles. The van der Waals surface area contributed by atoms with Crippen LogP contribution in [0.3, 0.4) is 0 Å². The summed E-state index contributed by atoms with van der Waals surface area (Å²) >= 11 is 0. The largest absolute Gasteiger partial charge is 0.452 e. The van der Waals surface area contributed by atoms with Crippen LogP contribution in [-0.4, -0.2) is 24.9 Å². The topological polar surface area (TPSA) is 77.6 Å². The lowest BCUT2D eigenvalue weighted by molar-refractivity contribution is 0.667. The molecule has 0 amide bonds. The zero-order valence-corrected chi connectivity index (χ0v) is 31.7. The Bertz CT molecular complexity index is 3290. The first-order valence-electron chi connectivity index (χ1n) is 19.6. The first kappa shape index (κ1) is 34.2. The van der Waals surface area contributed by atoms with E-state index < -0.39 is 0 Å². The Kier molecular flexibility index (Phi) is 8.37. The maximum absolute atomic E-state index is 6.40. The maximum Gasteiger partial charge on any atom is 0.180 e. The van der Waals surface area contributed by atoms with Gasteiger partial charge in [-0.1, -0.05) is 182 Å². The van der Waals surface area contributed by atoms with Gasteiger partial charge in [0.2, 0.25) is 0 Å². The van der Waals surface area contributed by atoms with Gasteiger partial charge in [-0.25, -0.2) is 24.9 Å². The Morgan fingerprint density at radius 3 is 1.41 bits per heavy atom. The van der Waals surface area contributed by atoms with Crippen molar-refractivity contribution in [3.05, 3.63) is 200 Å². The average Bonchev–Trinajstić information content (AvgIpc) is 3.72. The van der Waals surface area contributed by atoms with Crippen LogP contribution in [0.15, 0.2) is 205 Å². The Labute approximate surface area is 340 Å². The van der Waals surface area contributed by atoms with Crippen LogP contribution in [0.5, 0.6) is 0 Å². The highest BCUT2D eigenvalue weighted by atomic mass is 16.3. The number of aromatic nitrogens is 5. The third-order valence-electron chi connectivity index (χ3n) is 10.9. The van der Waals surface area contributed by atoms with Crippen LogP contribution in [0.25, 0.3) is 112 Å². The molecule has 3 aromatic heterocycles. The summed E-state index contributed by atoms with van der Waals surface area (Å²) in [7, 11) is 0. The second-order valence-corrected chi connectivity index (χ2v) is 14.5. The van der Waals surface area contributed by atoms with Crippen LogP contribution in [0.2, 0.25) is 0 Å². The van der Waals surface area contributed by atoms with Gasteiger partial charge in [-0.05, 0) is 56.3 Å².